The number of hydrogen-bond donors (Lipinski definition) is 1. The van der Waals surface area contributed by atoms with Gasteiger partial charge in [-0.3, -0.25) is 9.88 Å². The first kappa shape index (κ1) is 20.8. The minimum atomic E-state index is -4.43. The molecule has 4 nitrogen and oxygen atoms in total. The van der Waals surface area contributed by atoms with Crippen LogP contribution in [0.2, 0.25) is 5.02 Å². The average molecular weight is 429 g/mol. The molecule has 1 saturated heterocycles. The first-order valence-electron chi connectivity index (χ1n) is 8.87. The molecular formula is C19H20ClF3N4S. The van der Waals surface area contributed by atoms with Crippen molar-refractivity contribution in [1.29, 1.82) is 0 Å². The number of aromatic nitrogens is 1. The fourth-order valence-electron chi connectivity index (χ4n) is 3.07. The molecule has 1 aromatic carbocycles. The molecule has 0 amide bonds. The molecule has 1 N–H and O–H groups in total. The van der Waals surface area contributed by atoms with Crippen molar-refractivity contribution in [2.45, 2.75) is 19.1 Å². The van der Waals surface area contributed by atoms with Gasteiger partial charge >= 0.3 is 6.18 Å². The van der Waals surface area contributed by atoms with E-state index in [4.69, 9.17) is 23.8 Å². The van der Waals surface area contributed by atoms with Crippen LogP contribution in [0.25, 0.3) is 0 Å². The van der Waals surface area contributed by atoms with E-state index in [-0.39, 0.29) is 10.7 Å². The number of pyridine rings is 1. The molecule has 0 spiro atoms. The topological polar surface area (TPSA) is 31.4 Å². The van der Waals surface area contributed by atoms with Gasteiger partial charge in [0, 0.05) is 45.1 Å². The third kappa shape index (κ3) is 5.56. The maximum Gasteiger partial charge on any atom is 0.416 e. The van der Waals surface area contributed by atoms with E-state index in [1.165, 1.54) is 6.07 Å². The van der Waals surface area contributed by atoms with Crippen LogP contribution in [0.4, 0.5) is 18.9 Å². The Morgan fingerprint density at radius 1 is 1.18 bits per heavy atom. The van der Waals surface area contributed by atoms with Crippen LogP contribution in [0.5, 0.6) is 0 Å². The number of alkyl halides is 3. The molecule has 0 aliphatic carbocycles. The molecule has 0 radical (unpaired) electrons. The van der Waals surface area contributed by atoms with Crippen molar-refractivity contribution >= 4 is 34.6 Å². The van der Waals surface area contributed by atoms with Crippen molar-refractivity contribution in [2.75, 3.05) is 31.5 Å². The minimum absolute atomic E-state index is 0.165. The second kappa shape index (κ2) is 9.07. The van der Waals surface area contributed by atoms with Crippen molar-refractivity contribution in [1.82, 2.24) is 14.8 Å². The molecule has 3 rings (SSSR count). The number of thiocarbonyl (C=S) groups is 1. The number of rotatable bonds is 3. The molecule has 1 aromatic heterocycles. The lowest BCUT2D eigenvalue weighted by atomic mass is 10.2. The molecule has 1 aliphatic heterocycles. The highest BCUT2D eigenvalue weighted by Crippen LogP contribution is 2.34. The summed E-state index contributed by atoms with van der Waals surface area (Å²) in [6.45, 7) is 3.93. The van der Waals surface area contributed by atoms with Crippen molar-refractivity contribution in [3.05, 3.63) is 58.9 Å². The zero-order valence-corrected chi connectivity index (χ0v) is 16.6. The van der Waals surface area contributed by atoms with Gasteiger partial charge in [0.2, 0.25) is 0 Å². The van der Waals surface area contributed by atoms with E-state index in [0.717, 1.165) is 50.3 Å². The quantitative estimate of drug-likeness (QED) is 0.719. The predicted octanol–water partition coefficient (Wildman–Crippen LogP) is 4.66. The van der Waals surface area contributed by atoms with Crippen molar-refractivity contribution < 1.29 is 13.2 Å². The molecule has 0 unspecified atom stereocenters. The van der Waals surface area contributed by atoms with Gasteiger partial charge in [0.25, 0.3) is 0 Å². The van der Waals surface area contributed by atoms with Gasteiger partial charge in [0.15, 0.2) is 5.11 Å². The molecule has 2 heterocycles. The zero-order chi connectivity index (χ0) is 20.1. The second-order valence-corrected chi connectivity index (χ2v) is 7.39. The molecule has 1 aliphatic rings. The number of benzene rings is 1. The largest absolute Gasteiger partial charge is 0.416 e. The van der Waals surface area contributed by atoms with Crippen LogP contribution in [0.15, 0.2) is 42.7 Å². The Balaban J connectivity index is 1.61. The number of halogens is 4. The molecule has 28 heavy (non-hydrogen) atoms. The van der Waals surface area contributed by atoms with Crippen molar-refractivity contribution in [3.63, 3.8) is 0 Å². The Morgan fingerprint density at radius 2 is 2.00 bits per heavy atom. The molecule has 150 valence electrons. The Bertz CT molecular complexity index is 817. The molecule has 0 saturated carbocycles. The first-order valence-corrected chi connectivity index (χ1v) is 9.65. The average Bonchev–Trinajstić information content (AvgIpc) is 2.89. The molecule has 2 aromatic rings. The van der Waals surface area contributed by atoms with Gasteiger partial charge < -0.3 is 10.2 Å². The highest BCUT2D eigenvalue weighted by Gasteiger charge is 2.31. The van der Waals surface area contributed by atoms with E-state index >= 15 is 0 Å². The van der Waals surface area contributed by atoms with Crippen LogP contribution in [-0.4, -0.2) is 46.1 Å². The smallest absolute Gasteiger partial charge is 0.348 e. The van der Waals surface area contributed by atoms with Gasteiger partial charge in [-0.1, -0.05) is 17.7 Å². The van der Waals surface area contributed by atoms with Gasteiger partial charge in [-0.25, -0.2) is 0 Å². The van der Waals surface area contributed by atoms with E-state index in [1.807, 2.05) is 23.2 Å². The fraction of sp³-hybridized carbons (Fsp3) is 0.368. The van der Waals surface area contributed by atoms with Gasteiger partial charge in [-0.2, -0.15) is 13.2 Å². The molecule has 0 bridgehead atoms. The van der Waals surface area contributed by atoms with E-state index in [0.29, 0.717) is 11.7 Å². The zero-order valence-electron chi connectivity index (χ0n) is 15.0. The first-order chi connectivity index (χ1) is 13.3. The normalized spacial score (nSPS) is 15.9. The monoisotopic (exact) mass is 428 g/mol. The third-order valence-electron chi connectivity index (χ3n) is 4.54. The van der Waals surface area contributed by atoms with Crippen LogP contribution in [0.3, 0.4) is 0 Å². The Morgan fingerprint density at radius 3 is 2.71 bits per heavy atom. The number of nitrogens with zero attached hydrogens (tertiary/aromatic N) is 3. The van der Waals surface area contributed by atoms with Crippen LogP contribution >= 0.6 is 23.8 Å². The maximum atomic E-state index is 12.9. The summed E-state index contributed by atoms with van der Waals surface area (Å²) in [5.74, 6) is 0. The maximum absolute atomic E-state index is 12.9. The Labute approximate surface area is 172 Å². The molecule has 9 heteroatoms. The summed E-state index contributed by atoms with van der Waals surface area (Å²) >= 11 is 11.5. The highest BCUT2D eigenvalue weighted by molar-refractivity contribution is 7.80. The third-order valence-corrected chi connectivity index (χ3v) is 5.23. The predicted molar refractivity (Wildman–Crippen MR) is 108 cm³/mol. The summed E-state index contributed by atoms with van der Waals surface area (Å²) in [4.78, 5) is 8.42. The van der Waals surface area contributed by atoms with Gasteiger partial charge in [-0.15, -0.1) is 0 Å². The number of nitrogens with one attached hydrogen (secondary N) is 1. The van der Waals surface area contributed by atoms with Gasteiger partial charge in [0.1, 0.15) is 0 Å². The van der Waals surface area contributed by atoms with Crippen LogP contribution < -0.4 is 5.32 Å². The summed E-state index contributed by atoms with van der Waals surface area (Å²) in [6.07, 6.45) is 0.0671. The summed E-state index contributed by atoms with van der Waals surface area (Å²) in [5.41, 5.74) is 0.547. The van der Waals surface area contributed by atoms with E-state index in [1.54, 1.807) is 6.20 Å². The van der Waals surface area contributed by atoms with Gasteiger partial charge in [-0.05, 0) is 48.5 Å². The summed E-state index contributed by atoms with van der Waals surface area (Å²) in [5, 5.41) is 3.46. The standard InChI is InChI=1S/C19H20ClF3N4S/c20-16-5-4-15(19(21,22)23)11-17(16)25-18(28)27-8-2-7-26(9-10-27)13-14-3-1-6-24-12-14/h1,3-6,11-12H,2,7-10,13H2,(H,25,28). The summed E-state index contributed by atoms with van der Waals surface area (Å²) < 4.78 is 38.8. The molecule has 0 atom stereocenters. The fourth-order valence-corrected chi connectivity index (χ4v) is 3.53. The lowest BCUT2D eigenvalue weighted by Crippen LogP contribution is -2.37. The number of hydrogen-bond acceptors (Lipinski definition) is 3. The summed E-state index contributed by atoms with van der Waals surface area (Å²) in [6, 6.07) is 7.13. The minimum Gasteiger partial charge on any atom is -0.348 e. The van der Waals surface area contributed by atoms with Crippen molar-refractivity contribution in [3.8, 4) is 0 Å². The molecular weight excluding hydrogens is 409 g/mol. The number of anilines is 1. The van der Waals surface area contributed by atoms with Crippen LogP contribution in [0, 0.1) is 0 Å². The second-order valence-electron chi connectivity index (χ2n) is 6.60. The van der Waals surface area contributed by atoms with E-state index < -0.39 is 11.7 Å². The van der Waals surface area contributed by atoms with E-state index in [2.05, 4.69) is 15.2 Å². The van der Waals surface area contributed by atoms with Crippen molar-refractivity contribution in [2.24, 2.45) is 0 Å². The lowest BCUT2D eigenvalue weighted by Gasteiger charge is -2.25. The molecule has 1 fully saturated rings. The van der Waals surface area contributed by atoms with E-state index in [9.17, 15) is 13.2 Å². The summed E-state index contributed by atoms with van der Waals surface area (Å²) in [7, 11) is 0. The Kier molecular flexibility index (Phi) is 6.74. The SMILES string of the molecule is FC(F)(F)c1ccc(Cl)c(NC(=S)N2CCCN(Cc3cccnc3)CC2)c1. The highest BCUT2D eigenvalue weighted by atomic mass is 35.5. The van der Waals surface area contributed by atoms with Crippen LogP contribution in [0.1, 0.15) is 17.5 Å². The van der Waals surface area contributed by atoms with Crippen LogP contribution in [-0.2, 0) is 12.7 Å². The lowest BCUT2D eigenvalue weighted by molar-refractivity contribution is -0.137. The van der Waals surface area contributed by atoms with Gasteiger partial charge in [0.05, 0.1) is 16.3 Å². The Hall–Kier alpha value is -1.90.